The topological polar surface area (TPSA) is 18.5 Å². The van der Waals surface area contributed by atoms with Crippen LogP contribution >= 0.6 is 0 Å². The van der Waals surface area contributed by atoms with Gasteiger partial charge in [-0.1, -0.05) is 25.5 Å². The molecule has 0 bridgehead atoms. The van der Waals surface area contributed by atoms with Crippen molar-refractivity contribution >= 4 is 10.5 Å². The maximum Gasteiger partial charge on any atom is 0.146 e. The van der Waals surface area contributed by atoms with Crippen LogP contribution in [0, 0.1) is 0 Å². The number of ether oxygens (including phenoxy) is 1. The minimum Gasteiger partial charge on any atom is -0.420 e. The largest absolute Gasteiger partial charge is 0.420 e. The molecule has 0 aliphatic carbocycles. The van der Waals surface area contributed by atoms with Crippen molar-refractivity contribution in [1.29, 1.82) is 0 Å². The molecule has 1 unspecified atom stereocenters. The second-order valence-corrected chi connectivity index (χ2v) is 4.76. The Labute approximate surface area is 91.2 Å². The fraction of sp³-hybridized carbons (Fsp3) is 0.818. The van der Waals surface area contributed by atoms with Crippen molar-refractivity contribution in [3.8, 4) is 0 Å². The lowest BCUT2D eigenvalue weighted by molar-refractivity contribution is -0.0674. The van der Waals surface area contributed by atoms with Crippen LogP contribution in [0.5, 0.6) is 0 Å². The lowest BCUT2D eigenvalue weighted by Crippen LogP contribution is -2.40. The molecule has 0 saturated heterocycles. The Hall–Kier alpha value is -0.123. The van der Waals surface area contributed by atoms with E-state index in [4.69, 9.17) is 9.16 Å². The molecule has 0 spiro atoms. The quantitative estimate of drug-likeness (QED) is 0.477. The molecule has 0 rings (SSSR count). The molecule has 0 aromatic heterocycles. The smallest absolute Gasteiger partial charge is 0.146 e. The second-order valence-electron chi connectivity index (χ2n) is 4.35. The van der Waals surface area contributed by atoms with Crippen molar-refractivity contribution in [3.05, 3.63) is 12.2 Å². The summed E-state index contributed by atoms with van der Waals surface area (Å²) in [7, 11) is 0.753. The average Bonchev–Trinajstić information content (AvgIpc) is 2.11. The molecule has 0 aromatic carbocycles. The zero-order chi connectivity index (χ0) is 11.2. The van der Waals surface area contributed by atoms with E-state index < -0.39 is 0 Å². The van der Waals surface area contributed by atoms with E-state index in [1.165, 1.54) is 0 Å². The first-order chi connectivity index (χ1) is 6.44. The predicted octanol–water partition coefficient (Wildman–Crippen LogP) is 1.82. The monoisotopic (exact) mass is 216 g/mol. The average molecular weight is 216 g/mol. The van der Waals surface area contributed by atoms with Gasteiger partial charge in [0, 0.05) is 0 Å². The van der Waals surface area contributed by atoms with Gasteiger partial charge in [0.25, 0.3) is 0 Å². The van der Waals surface area contributed by atoms with Crippen LogP contribution in [0.3, 0.4) is 0 Å². The minimum absolute atomic E-state index is 0.155. The zero-order valence-corrected chi connectivity index (χ0v) is 12.2. The van der Waals surface area contributed by atoms with Gasteiger partial charge in [-0.2, -0.15) is 0 Å². The highest BCUT2D eigenvalue weighted by Crippen LogP contribution is 2.21. The van der Waals surface area contributed by atoms with E-state index in [-0.39, 0.29) is 11.7 Å². The Morgan fingerprint density at radius 2 is 2.07 bits per heavy atom. The van der Waals surface area contributed by atoms with Gasteiger partial charge in [-0.25, -0.2) is 0 Å². The van der Waals surface area contributed by atoms with E-state index in [0.29, 0.717) is 6.61 Å². The zero-order valence-electron chi connectivity index (χ0n) is 10.2. The van der Waals surface area contributed by atoms with Gasteiger partial charge in [-0.15, -0.1) is 0 Å². The third kappa shape index (κ3) is 4.93. The standard InChI is InChI=1S/C11H24O2Si/c1-6-7-10(11(4,5)13-14)12-8-9(2)3/h10H,2,6-8H2,1,3-5,14H3. The summed E-state index contributed by atoms with van der Waals surface area (Å²) in [5.41, 5.74) is 0.910. The van der Waals surface area contributed by atoms with Crippen LogP contribution in [0.2, 0.25) is 0 Å². The Balaban J connectivity index is 4.20. The van der Waals surface area contributed by atoms with Gasteiger partial charge < -0.3 is 9.16 Å². The molecule has 0 fully saturated rings. The van der Waals surface area contributed by atoms with Crippen molar-refractivity contribution in [2.75, 3.05) is 6.61 Å². The lowest BCUT2D eigenvalue weighted by Gasteiger charge is -2.33. The molecule has 3 heteroatoms. The SMILES string of the molecule is C=C(C)COC(CCC)C(C)(C)O[SiH3]. The molecule has 0 saturated carbocycles. The lowest BCUT2D eigenvalue weighted by atomic mass is 9.98. The Bertz CT molecular complexity index is 178. The minimum atomic E-state index is -0.155. The van der Waals surface area contributed by atoms with Crippen LogP contribution < -0.4 is 0 Å². The number of hydrogen-bond donors (Lipinski definition) is 0. The van der Waals surface area contributed by atoms with E-state index in [9.17, 15) is 0 Å². The molecule has 0 N–H and O–H groups in total. The fourth-order valence-electron chi connectivity index (χ4n) is 1.27. The van der Waals surface area contributed by atoms with E-state index in [0.717, 1.165) is 28.9 Å². The van der Waals surface area contributed by atoms with Crippen molar-refractivity contribution in [3.63, 3.8) is 0 Å². The first-order valence-corrected chi connectivity index (χ1v) is 6.06. The molecule has 0 aromatic rings. The maximum atomic E-state index is 5.80. The molecule has 2 nitrogen and oxygen atoms in total. The number of hydrogen-bond acceptors (Lipinski definition) is 2. The summed E-state index contributed by atoms with van der Waals surface area (Å²) in [5.74, 6) is 0. The Morgan fingerprint density at radius 1 is 1.50 bits per heavy atom. The van der Waals surface area contributed by atoms with E-state index >= 15 is 0 Å². The molecule has 1 atom stereocenters. The van der Waals surface area contributed by atoms with Crippen LogP contribution in [-0.4, -0.2) is 28.8 Å². The van der Waals surface area contributed by atoms with Crippen LogP contribution in [0.4, 0.5) is 0 Å². The first kappa shape index (κ1) is 13.9. The molecule has 0 amide bonds. The highest BCUT2D eigenvalue weighted by atomic mass is 28.2. The molecule has 0 aliphatic heterocycles. The van der Waals surface area contributed by atoms with E-state index in [2.05, 4.69) is 27.4 Å². The van der Waals surface area contributed by atoms with Crippen LogP contribution in [-0.2, 0) is 9.16 Å². The predicted molar refractivity (Wildman–Crippen MR) is 64.6 cm³/mol. The second kappa shape index (κ2) is 6.38. The van der Waals surface area contributed by atoms with Crippen molar-refractivity contribution in [1.82, 2.24) is 0 Å². The van der Waals surface area contributed by atoms with E-state index in [1.54, 1.807) is 0 Å². The van der Waals surface area contributed by atoms with Crippen LogP contribution in [0.25, 0.3) is 0 Å². The molecule has 0 heterocycles. The molecule has 0 radical (unpaired) electrons. The third-order valence-electron chi connectivity index (χ3n) is 2.38. The summed E-state index contributed by atoms with van der Waals surface area (Å²) in [6, 6.07) is 0. The fourth-order valence-corrected chi connectivity index (χ4v) is 1.53. The van der Waals surface area contributed by atoms with Gasteiger partial charge in [-0.05, 0) is 27.2 Å². The van der Waals surface area contributed by atoms with Gasteiger partial charge in [0.2, 0.25) is 0 Å². The Morgan fingerprint density at radius 3 is 2.43 bits per heavy atom. The van der Waals surface area contributed by atoms with Gasteiger partial charge in [0.1, 0.15) is 10.5 Å². The molecular weight excluding hydrogens is 192 g/mol. The molecule has 84 valence electrons. The van der Waals surface area contributed by atoms with Gasteiger partial charge in [-0.3, -0.25) is 0 Å². The highest BCUT2D eigenvalue weighted by molar-refractivity contribution is 5.98. The van der Waals surface area contributed by atoms with Crippen LogP contribution in [0.15, 0.2) is 12.2 Å². The van der Waals surface area contributed by atoms with Crippen molar-refractivity contribution in [2.45, 2.75) is 52.2 Å². The summed E-state index contributed by atoms with van der Waals surface area (Å²) < 4.78 is 11.4. The normalized spacial score (nSPS) is 14.3. The van der Waals surface area contributed by atoms with Gasteiger partial charge in [0.15, 0.2) is 0 Å². The van der Waals surface area contributed by atoms with Crippen molar-refractivity contribution in [2.24, 2.45) is 0 Å². The third-order valence-corrected chi connectivity index (χ3v) is 3.44. The van der Waals surface area contributed by atoms with Crippen LogP contribution in [0.1, 0.15) is 40.5 Å². The summed E-state index contributed by atoms with van der Waals surface area (Å²) in [6.07, 6.45) is 2.35. The summed E-state index contributed by atoms with van der Waals surface area (Å²) in [4.78, 5) is 0. The Kier molecular flexibility index (Phi) is 6.32. The summed E-state index contributed by atoms with van der Waals surface area (Å²) in [6.45, 7) is 12.8. The molecule has 14 heavy (non-hydrogen) atoms. The molecular formula is C11H24O2Si. The van der Waals surface area contributed by atoms with Gasteiger partial charge >= 0.3 is 0 Å². The maximum absolute atomic E-state index is 5.80. The van der Waals surface area contributed by atoms with Gasteiger partial charge in [0.05, 0.1) is 18.3 Å². The number of rotatable bonds is 7. The first-order valence-electron chi connectivity index (χ1n) is 5.25. The summed E-state index contributed by atoms with van der Waals surface area (Å²) >= 11 is 0. The highest BCUT2D eigenvalue weighted by Gasteiger charge is 2.28. The van der Waals surface area contributed by atoms with E-state index in [1.807, 2.05) is 6.92 Å². The van der Waals surface area contributed by atoms with Crippen molar-refractivity contribution < 1.29 is 9.16 Å². The summed E-state index contributed by atoms with van der Waals surface area (Å²) in [5, 5.41) is 0. The molecule has 0 aliphatic rings.